The largest absolute Gasteiger partial charge is 0.329 e. The zero-order valence-electron chi connectivity index (χ0n) is 14.5. The highest BCUT2D eigenvalue weighted by Crippen LogP contribution is 2.46. The fraction of sp³-hybridized carbons (Fsp3) is 0.250. The van der Waals surface area contributed by atoms with Crippen LogP contribution in [0.3, 0.4) is 0 Å². The van der Waals surface area contributed by atoms with Crippen molar-refractivity contribution in [1.29, 1.82) is 0 Å². The van der Waals surface area contributed by atoms with Gasteiger partial charge in [0.25, 0.3) is 5.69 Å². The Kier molecular flexibility index (Phi) is 7.60. The van der Waals surface area contributed by atoms with Crippen LogP contribution in [0.4, 0.5) is 5.69 Å². The number of nitro benzene ring substituents is 1. The van der Waals surface area contributed by atoms with Crippen molar-refractivity contribution in [2.24, 2.45) is 0 Å². The number of hydrogen-bond donors (Lipinski definition) is 1. The second-order valence-corrected chi connectivity index (χ2v) is 10.7. The summed E-state index contributed by atoms with van der Waals surface area (Å²) in [5.41, 5.74) is -0.173. The molecule has 0 radical (unpaired) electrons. The van der Waals surface area contributed by atoms with E-state index in [2.05, 4.69) is 4.72 Å². The first kappa shape index (κ1) is 21.6. The van der Waals surface area contributed by atoms with Crippen LogP contribution in [0.25, 0.3) is 0 Å². The van der Waals surface area contributed by atoms with E-state index in [1.807, 2.05) is 30.3 Å². The van der Waals surface area contributed by atoms with Gasteiger partial charge in [0.1, 0.15) is 0 Å². The third kappa shape index (κ3) is 5.90. The summed E-state index contributed by atoms with van der Waals surface area (Å²) in [5.74, 6) is 0. The van der Waals surface area contributed by atoms with Crippen LogP contribution in [0.5, 0.6) is 0 Å². The lowest BCUT2D eigenvalue weighted by atomic mass is 10.3. The quantitative estimate of drug-likeness (QED) is 0.267. The summed E-state index contributed by atoms with van der Waals surface area (Å²) in [6.45, 7) is -2.26. The van der Waals surface area contributed by atoms with Gasteiger partial charge in [-0.2, -0.15) is 0 Å². The van der Waals surface area contributed by atoms with E-state index in [9.17, 15) is 18.5 Å². The van der Waals surface area contributed by atoms with E-state index in [0.717, 1.165) is 17.4 Å². The van der Waals surface area contributed by atoms with Crippen LogP contribution in [-0.2, 0) is 30.9 Å². The minimum absolute atomic E-state index is 0.0414. The molecule has 0 aliphatic rings. The molecule has 0 aliphatic carbocycles. The predicted molar refractivity (Wildman–Crippen MR) is 106 cm³/mol. The van der Waals surface area contributed by atoms with Crippen molar-refractivity contribution in [3.63, 3.8) is 0 Å². The summed E-state index contributed by atoms with van der Waals surface area (Å²) in [6, 6.07) is 13.9. The van der Waals surface area contributed by atoms with E-state index >= 15 is 0 Å². The van der Waals surface area contributed by atoms with Crippen LogP contribution in [0.15, 0.2) is 59.5 Å². The zero-order valence-corrected chi connectivity index (χ0v) is 17.0. The van der Waals surface area contributed by atoms with Crippen LogP contribution in [-0.4, -0.2) is 33.6 Å². The average molecular weight is 430 g/mol. The molecular weight excluding hydrogens is 411 g/mol. The topological polar surface area (TPSA) is 108 Å². The molecule has 0 saturated heterocycles. The van der Waals surface area contributed by atoms with E-state index in [1.54, 1.807) is 0 Å². The molecule has 0 fully saturated rings. The van der Waals surface area contributed by atoms with Gasteiger partial charge in [-0.15, -0.1) is 0 Å². The molecule has 0 spiro atoms. The molecule has 1 N–H and O–H groups in total. The molecular formula is C16H19N2O6PS2. The van der Waals surface area contributed by atoms with Gasteiger partial charge < -0.3 is 9.05 Å². The van der Waals surface area contributed by atoms with E-state index in [0.29, 0.717) is 6.42 Å². The Balaban J connectivity index is 1.86. The Morgan fingerprint density at radius 3 is 2.33 bits per heavy atom. The van der Waals surface area contributed by atoms with Gasteiger partial charge in [0.15, 0.2) is 0 Å². The van der Waals surface area contributed by atoms with E-state index < -0.39 is 21.4 Å². The fourth-order valence-corrected chi connectivity index (χ4v) is 5.17. The van der Waals surface area contributed by atoms with Crippen LogP contribution < -0.4 is 10.0 Å². The minimum atomic E-state index is -3.75. The maximum absolute atomic E-state index is 12.2. The van der Waals surface area contributed by atoms with Crippen LogP contribution in [0.1, 0.15) is 6.42 Å². The van der Waals surface area contributed by atoms with Gasteiger partial charge in [-0.1, -0.05) is 18.2 Å². The van der Waals surface area contributed by atoms with Gasteiger partial charge >= 0.3 is 0 Å². The Bertz CT molecular complexity index is 920. The molecule has 0 bridgehead atoms. The number of rotatable bonds is 10. The third-order valence-corrected chi connectivity index (χ3v) is 8.35. The van der Waals surface area contributed by atoms with Crippen molar-refractivity contribution >= 4 is 39.3 Å². The Labute approximate surface area is 162 Å². The van der Waals surface area contributed by atoms with Gasteiger partial charge in [-0.05, 0) is 42.5 Å². The van der Waals surface area contributed by atoms with Gasteiger partial charge in [-0.25, -0.2) is 13.1 Å². The molecule has 0 aromatic heterocycles. The molecule has 2 aromatic carbocycles. The molecule has 0 heterocycles. The molecule has 0 amide bonds. The summed E-state index contributed by atoms with van der Waals surface area (Å²) in [4.78, 5) is 9.99. The van der Waals surface area contributed by atoms with Gasteiger partial charge in [0.05, 0.1) is 16.4 Å². The molecule has 11 heteroatoms. The van der Waals surface area contributed by atoms with Crippen molar-refractivity contribution < 1.29 is 22.4 Å². The molecule has 8 nitrogen and oxygen atoms in total. The number of benzene rings is 2. The number of non-ortho nitro benzene ring substituents is 1. The Hall–Kier alpha value is -1.68. The summed E-state index contributed by atoms with van der Waals surface area (Å²) in [6.07, 6.45) is 0.390. The predicted octanol–water partition coefficient (Wildman–Crippen LogP) is 2.56. The average Bonchev–Trinajstić information content (AvgIpc) is 2.68. The second kappa shape index (κ2) is 9.50. The number of nitrogens with zero attached hydrogens (tertiary/aromatic N) is 1. The highest BCUT2D eigenvalue weighted by Gasteiger charge is 2.20. The first-order valence-corrected chi connectivity index (χ1v) is 12.0. The summed E-state index contributed by atoms with van der Waals surface area (Å²) >= 11 is 5.48. The van der Waals surface area contributed by atoms with Crippen LogP contribution >= 0.6 is 6.49 Å². The van der Waals surface area contributed by atoms with Gasteiger partial charge in [0, 0.05) is 31.1 Å². The lowest BCUT2D eigenvalue weighted by Crippen LogP contribution is -2.25. The Morgan fingerprint density at radius 1 is 1.15 bits per heavy atom. The van der Waals surface area contributed by atoms with Gasteiger partial charge in [0.2, 0.25) is 16.5 Å². The highest BCUT2D eigenvalue weighted by molar-refractivity contribution is 8.13. The van der Waals surface area contributed by atoms with Gasteiger partial charge in [-0.3, -0.25) is 10.1 Å². The molecule has 146 valence electrons. The Morgan fingerprint density at radius 2 is 1.78 bits per heavy atom. The normalized spacial score (nSPS) is 13.8. The zero-order chi connectivity index (χ0) is 19.9. The van der Waals surface area contributed by atoms with Crippen molar-refractivity contribution in [1.82, 2.24) is 4.72 Å². The number of nitro groups is 1. The fourth-order valence-electron chi connectivity index (χ4n) is 2.14. The highest BCUT2D eigenvalue weighted by atomic mass is 32.5. The number of nitrogens with one attached hydrogen (secondary N) is 1. The van der Waals surface area contributed by atoms with E-state index in [1.165, 1.54) is 19.2 Å². The minimum Gasteiger partial charge on any atom is -0.329 e. The first-order valence-electron chi connectivity index (χ1n) is 7.88. The lowest BCUT2D eigenvalue weighted by molar-refractivity contribution is -0.384. The first-order chi connectivity index (χ1) is 12.8. The lowest BCUT2D eigenvalue weighted by Gasteiger charge is -2.20. The summed E-state index contributed by atoms with van der Waals surface area (Å²) in [7, 11) is -2.26. The smallest absolute Gasteiger partial charge is 0.269 e. The summed E-state index contributed by atoms with van der Waals surface area (Å²) < 4.78 is 37.9. The molecule has 0 aliphatic heterocycles. The monoisotopic (exact) mass is 430 g/mol. The van der Waals surface area contributed by atoms with E-state index in [-0.39, 0.29) is 23.7 Å². The van der Waals surface area contributed by atoms with Crippen LogP contribution in [0.2, 0.25) is 0 Å². The molecule has 0 saturated carbocycles. The van der Waals surface area contributed by atoms with Crippen LogP contribution in [0, 0.1) is 10.1 Å². The SMILES string of the molecule is COP(=S)(OCCCNS(=O)(=O)c1ccc([N+](=O)[O-])cc1)c1ccccc1. The molecule has 27 heavy (non-hydrogen) atoms. The van der Waals surface area contributed by atoms with E-state index in [4.69, 9.17) is 20.9 Å². The molecule has 1 atom stereocenters. The number of sulfonamides is 1. The second-order valence-electron chi connectivity index (χ2n) is 5.35. The molecule has 2 aromatic rings. The summed E-state index contributed by atoms with van der Waals surface area (Å²) in [5, 5.41) is 11.4. The molecule has 2 rings (SSSR count). The van der Waals surface area contributed by atoms with Crippen molar-refractivity contribution in [2.45, 2.75) is 11.3 Å². The van der Waals surface area contributed by atoms with Crippen molar-refractivity contribution in [3.8, 4) is 0 Å². The van der Waals surface area contributed by atoms with Crippen molar-refractivity contribution in [3.05, 3.63) is 64.7 Å². The maximum Gasteiger partial charge on any atom is 0.269 e. The molecule has 1 unspecified atom stereocenters. The maximum atomic E-state index is 12.2. The number of hydrogen-bond acceptors (Lipinski definition) is 7. The standard InChI is InChI=1S/C16H19N2O6PS2/c1-23-25(26,15-6-3-2-4-7-15)24-13-5-12-17-27(21,22)16-10-8-14(9-11-16)18(19)20/h2-4,6-11,17H,5,12-13H2,1H3. The van der Waals surface area contributed by atoms with Crippen molar-refractivity contribution in [2.75, 3.05) is 20.3 Å². The third-order valence-electron chi connectivity index (χ3n) is 3.55.